The van der Waals surface area contributed by atoms with Crippen LogP contribution in [0.1, 0.15) is 0 Å². The third kappa shape index (κ3) is 2.13. The van der Waals surface area contributed by atoms with E-state index in [9.17, 15) is 13.2 Å². The van der Waals surface area contributed by atoms with Crippen LogP contribution in [0.5, 0.6) is 11.5 Å². The molecule has 0 bridgehead atoms. The van der Waals surface area contributed by atoms with Crippen molar-refractivity contribution in [2.45, 2.75) is 4.90 Å². The van der Waals surface area contributed by atoms with Gasteiger partial charge in [0.1, 0.15) is 13.2 Å². The van der Waals surface area contributed by atoms with E-state index in [1.807, 2.05) is 0 Å². The molecule has 3 N–H and O–H groups in total. The number of H-pyrrole nitrogens is 1. The van der Waals surface area contributed by atoms with E-state index in [2.05, 4.69) is 4.98 Å². The maximum Gasteiger partial charge on any atom is 0.340 e. The Bertz CT molecular complexity index is 1110. The molecule has 0 spiro atoms. The lowest BCUT2D eigenvalue weighted by molar-refractivity contribution is 0.171. The maximum absolute atomic E-state index is 12.9. The van der Waals surface area contributed by atoms with E-state index in [1.54, 1.807) is 12.1 Å². The van der Waals surface area contributed by atoms with Crippen LogP contribution in [0, 0.1) is 0 Å². The van der Waals surface area contributed by atoms with Crippen LogP contribution in [0.25, 0.3) is 11.0 Å². The molecule has 0 radical (unpaired) electrons. The van der Waals surface area contributed by atoms with E-state index in [4.69, 9.17) is 15.2 Å². The lowest BCUT2D eigenvalue weighted by Gasteiger charge is -2.18. The number of nitrogen functional groups attached to an aromatic ring is 1. The Morgan fingerprint density at radius 1 is 1.04 bits per heavy atom. The summed E-state index contributed by atoms with van der Waals surface area (Å²) in [6, 6.07) is 8.81. The summed E-state index contributed by atoms with van der Waals surface area (Å²) in [5, 5.41) is 0. The Hall–Kier alpha value is -2.94. The minimum Gasteiger partial charge on any atom is -0.486 e. The second kappa shape index (κ2) is 5.03. The molecule has 0 aliphatic carbocycles. The molecule has 3 aromatic rings. The van der Waals surface area contributed by atoms with Gasteiger partial charge >= 0.3 is 5.69 Å². The quantitative estimate of drug-likeness (QED) is 0.666. The maximum atomic E-state index is 12.9. The zero-order valence-corrected chi connectivity index (χ0v) is 13.2. The SMILES string of the molecule is Nc1ccc2[nH]c(=O)n(S(=O)(=O)c3ccc4c(c3)OCCO4)c2c1. The normalized spacial score (nSPS) is 14.0. The van der Waals surface area contributed by atoms with Crippen molar-refractivity contribution in [2.24, 2.45) is 0 Å². The first-order valence-corrected chi connectivity index (χ1v) is 8.56. The van der Waals surface area contributed by atoms with Gasteiger partial charge in [-0.1, -0.05) is 0 Å². The van der Waals surface area contributed by atoms with Crippen molar-refractivity contribution in [3.63, 3.8) is 0 Å². The van der Waals surface area contributed by atoms with Crippen LogP contribution in [0.2, 0.25) is 0 Å². The third-order valence-corrected chi connectivity index (χ3v) is 5.41. The second-order valence-corrected chi connectivity index (χ2v) is 7.07. The number of benzene rings is 2. The molecule has 0 saturated heterocycles. The number of anilines is 1. The topological polar surface area (TPSA) is 116 Å². The molecule has 1 aliphatic rings. The number of nitrogens with zero attached hydrogens (tertiary/aromatic N) is 1. The van der Waals surface area contributed by atoms with Gasteiger partial charge < -0.3 is 20.2 Å². The lowest BCUT2D eigenvalue weighted by Crippen LogP contribution is -2.25. The summed E-state index contributed by atoms with van der Waals surface area (Å²) in [5.41, 5.74) is 5.88. The second-order valence-electron chi connectivity index (χ2n) is 5.28. The molecule has 2 aromatic carbocycles. The smallest absolute Gasteiger partial charge is 0.340 e. The molecule has 0 saturated carbocycles. The predicted octanol–water partition coefficient (Wildman–Crippen LogP) is 0.920. The van der Waals surface area contributed by atoms with Crippen molar-refractivity contribution >= 4 is 26.7 Å². The Kier molecular flexibility index (Phi) is 3.07. The van der Waals surface area contributed by atoms with Crippen LogP contribution in [0.15, 0.2) is 46.1 Å². The standard InChI is InChI=1S/C15H13N3O5S/c16-9-1-3-11-12(7-9)18(15(19)17-11)24(20,21)10-2-4-13-14(8-10)23-6-5-22-13/h1-4,7-8H,5-6,16H2,(H,17,19). The van der Waals surface area contributed by atoms with Crippen molar-refractivity contribution in [1.29, 1.82) is 0 Å². The van der Waals surface area contributed by atoms with Gasteiger partial charge in [-0.05, 0) is 30.3 Å². The molecule has 0 amide bonds. The Labute approximate surface area is 136 Å². The molecular formula is C15H13N3O5S. The van der Waals surface area contributed by atoms with Crippen molar-refractivity contribution in [3.8, 4) is 11.5 Å². The predicted molar refractivity (Wildman–Crippen MR) is 87.0 cm³/mol. The van der Waals surface area contributed by atoms with Crippen molar-refractivity contribution < 1.29 is 17.9 Å². The van der Waals surface area contributed by atoms with Crippen molar-refractivity contribution in [3.05, 3.63) is 46.9 Å². The minimum absolute atomic E-state index is 0.0721. The number of nitrogens with two attached hydrogens (primary N) is 1. The molecule has 9 heteroatoms. The molecule has 0 fully saturated rings. The average Bonchev–Trinajstić information content (AvgIpc) is 2.90. The number of hydrogen-bond acceptors (Lipinski definition) is 6. The summed E-state index contributed by atoms with van der Waals surface area (Å²) in [6.07, 6.45) is 0. The summed E-state index contributed by atoms with van der Waals surface area (Å²) in [6.45, 7) is 0.736. The number of nitrogens with one attached hydrogen (secondary N) is 1. The summed E-state index contributed by atoms with van der Waals surface area (Å²) >= 11 is 0. The minimum atomic E-state index is -4.12. The van der Waals surface area contributed by atoms with E-state index in [0.717, 1.165) is 0 Å². The van der Waals surface area contributed by atoms with Gasteiger partial charge in [-0.15, -0.1) is 0 Å². The summed E-state index contributed by atoms with van der Waals surface area (Å²) in [7, 11) is -4.12. The molecule has 0 atom stereocenters. The first-order valence-electron chi connectivity index (χ1n) is 7.12. The highest BCUT2D eigenvalue weighted by Gasteiger charge is 2.25. The fourth-order valence-corrected chi connectivity index (χ4v) is 4.01. The fraction of sp³-hybridized carbons (Fsp3) is 0.133. The van der Waals surface area contributed by atoms with E-state index >= 15 is 0 Å². The Morgan fingerprint density at radius 3 is 2.58 bits per heavy atom. The molecule has 8 nitrogen and oxygen atoms in total. The van der Waals surface area contributed by atoms with Crippen LogP contribution < -0.4 is 20.9 Å². The molecule has 124 valence electrons. The Balaban J connectivity index is 1.94. The number of rotatable bonds is 2. The van der Waals surface area contributed by atoms with Gasteiger partial charge in [0.25, 0.3) is 10.0 Å². The summed E-state index contributed by atoms with van der Waals surface area (Å²) in [5.74, 6) is 0.797. The van der Waals surface area contributed by atoms with Crippen LogP contribution >= 0.6 is 0 Å². The van der Waals surface area contributed by atoms with Gasteiger partial charge in [0.05, 0.1) is 15.9 Å². The monoisotopic (exact) mass is 347 g/mol. The molecule has 2 heterocycles. The van der Waals surface area contributed by atoms with Gasteiger partial charge in [0.15, 0.2) is 11.5 Å². The lowest BCUT2D eigenvalue weighted by atomic mass is 10.3. The molecule has 24 heavy (non-hydrogen) atoms. The van der Waals surface area contributed by atoms with E-state index < -0.39 is 15.7 Å². The van der Waals surface area contributed by atoms with Crippen LogP contribution in [0.3, 0.4) is 0 Å². The van der Waals surface area contributed by atoms with Crippen LogP contribution in [0.4, 0.5) is 5.69 Å². The van der Waals surface area contributed by atoms with Gasteiger partial charge in [-0.25, -0.2) is 13.2 Å². The van der Waals surface area contributed by atoms with Crippen molar-refractivity contribution in [2.75, 3.05) is 18.9 Å². The first kappa shape index (κ1) is 14.6. The van der Waals surface area contributed by atoms with E-state index in [1.165, 1.54) is 24.3 Å². The molecule has 4 rings (SSSR count). The van der Waals surface area contributed by atoms with Gasteiger partial charge in [0.2, 0.25) is 0 Å². The Morgan fingerprint density at radius 2 is 1.79 bits per heavy atom. The summed E-state index contributed by atoms with van der Waals surface area (Å²) < 4.78 is 37.4. The highest BCUT2D eigenvalue weighted by Crippen LogP contribution is 2.33. The molecule has 1 aliphatic heterocycles. The number of fused-ring (bicyclic) bond motifs is 2. The van der Waals surface area contributed by atoms with E-state index in [0.29, 0.717) is 39.9 Å². The first-order chi connectivity index (χ1) is 11.5. The zero-order valence-electron chi connectivity index (χ0n) is 12.4. The van der Waals surface area contributed by atoms with Crippen molar-refractivity contribution in [1.82, 2.24) is 8.96 Å². The third-order valence-electron chi connectivity index (χ3n) is 3.72. The fourth-order valence-electron chi connectivity index (χ4n) is 2.63. The molecule has 0 unspecified atom stereocenters. The average molecular weight is 347 g/mol. The highest BCUT2D eigenvalue weighted by molar-refractivity contribution is 7.90. The number of aromatic nitrogens is 2. The highest BCUT2D eigenvalue weighted by atomic mass is 32.2. The van der Waals surface area contributed by atoms with Crippen LogP contribution in [-0.2, 0) is 10.0 Å². The van der Waals surface area contributed by atoms with Gasteiger partial charge in [0, 0.05) is 11.8 Å². The van der Waals surface area contributed by atoms with E-state index in [-0.39, 0.29) is 10.4 Å². The van der Waals surface area contributed by atoms with Gasteiger partial charge in [-0.3, -0.25) is 0 Å². The number of aromatic amines is 1. The number of hydrogen-bond donors (Lipinski definition) is 2. The van der Waals surface area contributed by atoms with Gasteiger partial charge in [-0.2, -0.15) is 3.97 Å². The number of imidazole rings is 1. The zero-order chi connectivity index (χ0) is 16.9. The molecule has 1 aromatic heterocycles. The number of ether oxygens (including phenoxy) is 2. The largest absolute Gasteiger partial charge is 0.486 e. The summed E-state index contributed by atoms with van der Waals surface area (Å²) in [4.78, 5) is 14.6. The molecular weight excluding hydrogens is 334 g/mol. The van der Waals surface area contributed by atoms with Crippen LogP contribution in [-0.4, -0.2) is 30.6 Å².